The average molecular weight is 197 g/mol. The molecule has 0 aliphatic carbocycles. The fourth-order valence-corrected chi connectivity index (χ4v) is 1.12. The number of likely N-dealkylation sites (N-methyl/N-ethyl adjacent to an activating group) is 1. The van der Waals surface area contributed by atoms with Gasteiger partial charge in [0.2, 0.25) is 0 Å². The number of hydrogen-bond acceptors (Lipinski definition) is 4. The van der Waals surface area contributed by atoms with Crippen LogP contribution in [0.2, 0.25) is 0 Å². The summed E-state index contributed by atoms with van der Waals surface area (Å²) in [4.78, 5) is 15.0. The highest BCUT2D eigenvalue weighted by atomic mass is 16.3. The molecule has 0 amide bonds. The Morgan fingerprint density at radius 1 is 1.71 bits per heavy atom. The summed E-state index contributed by atoms with van der Waals surface area (Å²) in [6.07, 6.45) is 2.31. The molecule has 0 radical (unpaired) electrons. The lowest BCUT2D eigenvalue weighted by atomic mass is 10.3. The number of nitrogens with one attached hydrogen (secondary N) is 1. The van der Waals surface area contributed by atoms with E-state index in [1.165, 1.54) is 23.2 Å². The molecule has 1 aromatic heterocycles. The fraction of sp³-hybridized carbons (Fsp3) is 0.556. The predicted octanol–water partition coefficient (Wildman–Crippen LogP) is -0.786. The molecule has 0 aromatic carbocycles. The van der Waals surface area contributed by atoms with Gasteiger partial charge in [-0.3, -0.25) is 9.36 Å². The second kappa shape index (κ2) is 5.51. The first-order valence-corrected chi connectivity index (χ1v) is 4.63. The van der Waals surface area contributed by atoms with Crippen LogP contribution in [-0.2, 0) is 6.54 Å². The van der Waals surface area contributed by atoms with Crippen molar-refractivity contribution in [3.05, 3.63) is 28.9 Å². The molecule has 1 heterocycles. The summed E-state index contributed by atoms with van der Waals surface area (Å²) < 4.78 is 1.39. The summed E-state index contributed by atoms with van der Waals surface area (Å²) in [5.74, 6) is 0. The van der Waals surface area contributed by atoms with Crippen molar-refractivity contribution in [2.45, 2.75) is 19.6 Å². The molecule has 0 aliphatic rings. The largest absolute Gasteiger partial charge is 0.390 e. The van der Waals surface area contributed by atoms with Gasteiger partial charge in [-0.1, -0.05) is 6.92 Å². The van der Waals surface area contributed by atoms with Crippen molar-refractivity contribution in [2.24, 2.45) is 0 Å². The van der Waals surface area contributed by atoms with E-state index >= 15 is 0 Å². The highest BCUT2D eigenvalue weighted by Crippen LogP contribution is 1.86. The zero-order valence-corrected chi connectivity index (χ0v) is 8.18. The Morgan fingerprint density at radius 3 is 3.14 bits per heavy atom. The maximum Gasteiger partial charge on any atom is 0.253 e. The van der Waals surface area contributed by atoms with Crippen LogP contribution in [0.4, 0.5) is 0 Å². The van der Waals surface area contributed by atoms with E-state index in [9.17, 15) is 9.90 Å². The minimum absolute atomic E-state index is 0.143. The van der Waals surface area contributed by atoms with Gasteiger partial charge in [-0.2, -0.15) is 0 Å². The van der Waals surface area contributed by atoms with Crippen LogP contribution in [0.1, 0.15) is 6.92 Å². The fourth-order valence-electron chi connectivity index (χ4n) is 1.12. The first-order chi connectivity index (χ1) is 6.74. The number of aliphatic hydroxyl groups is 1. The van der Waals surface area contributed by atoms with Crippen LogP contribution in [0.25, 0.3) is 0 Å². The standard InChI is InChI=1S/C9H15N3O2/c1-2-10-5-8(13)6-12-7-11-4-3-9(12)14/h3-4,7-8,10,13H,2,5-6H2,1H3. The summed E-state index contributed by atoms with van der Waals surface area (Å²) in [6, 6.07) is 1.37. The molecule has 1 rings (SSSR count). The highest BCUT2D eigenvalue weighted by molar-refractivity contribution is 4.82. The number of aromatic nitrogens is 2. The maximum atomic E-state index is 11.2. The van der Waals surface area contributed by atoms with Gasteiger partial charge in [-0.15, -0.1) is 0 Å². The molecule has 14 heavy (non-hydrogen) atoms. The van der Waals surface area contributed by atoms with Crippen molar-refractivity contribution in [1.29, 1.82) is 0 Å². The number of rotatable bonds is 5. The van der Waals surface area contributed by atoms with Crippen LogP contribution in [0, 0.1) is 0 Å². The number of nitrogens with zero attached hydrogens (tertiary/aromatic N) is 2. The van der Waals surface area contributed by atoms with E-state index in [1.54, 1.807) is 0 Å². The minimum atomic E-state index is -0.558. The third kappa shape index (κ3) is 3.27. The van der Waals surface area contributed by atoms with Crippen molar-refractivity contribution in [3.63, 3.8) is 0 Å². The van der Waals surface area contributed by atoms with E-state index in [4.69, 9.17) is 0 Å². The molecule has 78 valence electrons. The third-order valence-corrected chi connectivity index (χ3v) is 1.83. The van der Waals surface area contributed by atoms with Gasteiger partial charge in [-0.05, 0) is 6.54 Å². The van der Waals surface area contributed by atoms with Crippen molar-refractivity contribution in [2.75, 3.05) is 13.1 Å². The molecule has 0 saturated carbocycles. The van der Waals surface area contributed by atoms with E-state index in [1.807, 2.05) is 6.92 Å². The van der Waals surface area contributed by atoms with Crippen LogP contribution < -0.4 is 10.9 Å². The Morgan fingerprint density at radius 2 is 2.50 bits per heavy atom. The molecule has 1 aromatic rings. The number of aliphatic hydroxyl groups excluding tert-OH is 1. The topological polar surface area (TPSA) is 67.2 Å². The van der Waals surface area contributed by atoms with Crippen LogP contribution in [0.3, 0.4) is 0 Å². The van der Waals surface area contributed by atoms with E-state index in [0.29, 0.717) is 6.54 Å². The Balaban J connectivity index is 2.52. The van der Waals surface area contributed by atoms with Crippen molar-refractivity contribution >= 4 is 0 Å². The van der Waals surface area contributed by atoms with Crippen LogP contribution in [-0.4, -0.2) is 33.9 Å². The van der Waals surface area contributed by atoms with Crippen molar-refractivity contribution in [1.82, 2.24) is 14.9 Å². The summed E-state index contributed by atoms with van der Waals surface area (Å²) in [5.41, 5.74) is -0.143. The molecule has 0 bridgehead atoms. The summed E-state index contributed by atoms with van der Waals surface area (Å²) >= 11 is 0. The van der Waals surface area contributed by atoms with Gasteiger partial charge in [0.1, 0.15) is 0 Å². The van der Waals surface area contributed by atoms with Gasteiger partial charge in [0.25, 0.3) is 5.56 Å². The summed E-state index contributed by atoms with van der Waals surface area (Å²) in [6.45, 7) is 3.53. The highest BCUT2D eigenvalue weighted by Gasteiger charge is 2.04. The zero-order chi connectivity index (χ0) is 10.4. The molecular formula is C9H15N3O2. The van der Waals surface area contributed by atoms with Crippen LogP contribution in [0.15, 0.2) is 23.4 Å². The minimum Gasteiger partial charge on any atom is -0.390 e. The zero-order valence-electron chi connectivity index (χ0n) is 8.18. The average Bonchev–Trinajstić information content (AvgIpc) is 2.18. The van der Waals surface area contributed by atoms with Crippen LogP contribution >= 0.6 is 0 Å². The normalized spacial score (nSPS) is 12.7. The molecule has 2 N–H and O–H groups in total. The third-order valence-electron chi connectivity index (χ3n) is 1.83. The van der Waals surface area contributed by atoms with Crippen molar-refractivity contribution < 1.29 is 5.11 Å². The maximum absolute atomic E-state index is 11.2. The molecular weight excluding hydrogens is 182 g/mol. The smallest absolute Gasteiger partial charge is 0.253 e. The lowest BCUT2D eigenvalue weighted by Crippen LogP contribution is -2.33. The van der Waals surface area contributed by atoms with E-state index in [-0.39, 0.29) is 12.1 Å². The Labute approximate surface area is 82.4 Å². The number of hydrogen-bond donors (Lipinski definition) is 2. The van der Waals surface area contributed by atoms with Crippen LogP contribution in [0.5, 0.6) is 0 Å². The van der Waals surface area contributed by atoms with Gasteiger partial charge in [0.05, 0.1) is 19.0 Å². The lowest BCUT2D eigenvalue weighted by molar-refractivity contribution is 0.150. The lowest BCUT2D eigenvalue weighted by Gasteiger charge is -2.11. The Bertz CT molecular complexity index is 324. The van der Waals surface area contributed by atoms with Gasteiger partial charge in [0.15, 0.2) is 0 Å². The van der Waals surface area contributed by atoms with E-state index < -0.39 is 6.10 Å². The molecule has 5 nitrogen and oxygen atoms in total. The second-order valence-electron chi connectivity index (χ2n) is 3.03. The summed E-state index contributed by atoms with van der Waals surface area (Å²) in [5, 5.41) is 12.5. The molecule has 1 unspecified atom stereocenters. The molecule has 0 spiro atoms. The Kier molecular flexibility index (Phi) is 4.28. The first-order valence-electron chi connectivity index (χ1n) is 4.63. The Hall–Kier alpha value is -1.20. The molecule has 0 saturated heterocycles. The molecule has 1 atom stereocenters. The molecule has 0 fully saturated rings. The van der Waals surface area contributed by atoms with E-state index in [2.05, 4.69) is 10.3 Å². The summed E-state index contributed by atoms with van der Waals surface area (Å²) in [7, 11) is 0. The monoisotopic (exact) mass is 197 g/mol. The first kappa shape index (κ1) is 10.9. The van der Waals surface area contributed by atoms with Gasteiger partial charge >= 0.3 is 0 Å². The predicted molar refractivity (Wildman–Crippen MR) is 53.0 cm³/mol. The van der Waals surface area contributed by atoms with Crippen molar-refractivity contribution in [3.8, 4) is 0 Å². The molecule has 0 aliphatic heterocycles. The van der Waals surface area contributed by atoms with Gasteiger partial charge < -0.3 is 10.4 Å². The second-order valence-corrected chi connectivity index (χ2v) is 3.03. The van der Waals surface area contributed by atoms with Gasteiger partial charge in [-0.25, -0.2) is 4.98 Å². The van der Waals surface area contributed by atoms with Gasteiger partial charge in [0, 0.05) is 18.8 Å². The van der Waals surface area contributed by atoms with E-state index in [0.717, 1.165) is 6.54 Å². The SMILES string of the molecule is CCNCC(O)Cn1cnccc1=O. The quantitative estimate of drug-likeness (QED) is 0.649. The molecule has 5 heteroatoms.